The average Bonchev–Trinajstić information content (AvgIpc) is 1.35. The molecule has 0 fully saturated rings. The Morgan fingerprint density at radius 2 is 1.29 bits per heavy atom. The van der Waals surface area contributed by atoms with Crippen LogP contribution in [0.3, 0.4) is 0 Å². The monoisotopic (exact) mass is 111 g/mol. The third-order valence-electron chi connectivity index (χ3n) is 0.612. The van der Waals surface area contributed by atoms with Crippen molar-refractivity contribution in [3.8, 4) is 0 Å². The number of methoxy groups -OCH3 is 1. The van der Waals surface area contributed by atoms with E-state index in [4.69, 9.17) is 4.74 Å². The summed E-state index contributed by atoms with van der Waals surface area (Å²) < 4.78 is 4.94. The van der Waals surface area contributed by atoms with E-state index in [9.17, 15) is 0 Å². The fourth-order valence-corrected chi connectivity index (χ4v) is 0. The zero-order chi connectivity index (χ0) is 5.21. The Kier molecular flexibility index (Phi) is 6.05. The van der Waals surface area contributed by atoms with Crippen molar-refractivity contribution in [1.29, 1.82) is 0 Å². The molecule has 0 heterocycles. The molecule has 0 amide bonds. The third-order valence-corrected chi connectivity index (χ3v) is 0.612. The molecule has 0 aliphatic rings. The van der Waals surface area contributed by atoms with Crippen LogP contribution in [0.2, 0.25) is 0 Å². The molecule has 0 saturated carbocycles. The van der Waals surface area contributed by atoms with Gasteiger partial charge >= 0.3 is 0 Å². The second kappa shape index (κ2) is 3.90. The summed E-state index contributed by atoms with van der Waals surface area (Å²) in [6.45, 7) is 6.06. The summed E-state index contributed by atoms with van der Waals surface area (Å²) in [6.07, 6.45) is 0. The van der Waals surface area contributed by atoms with Gasteiger partial charge in [-0.15, -0.1) is 0 Å². The van der Waals surface area contributed by atoms with Gasteiger partial charge in [-0.3, -0.25) is 0 Å². The second-order valence-electron chi connectivity index (χ2n) is 2.32. The van der Waals surface area contributed by atoms with Crippen LogP contribution in [0.15, 0.2) is 0 Å². The molecule has 0 saturated heterocycles. The Balaban J connectivity index is 0. The SMILES string of the molecule is COC(C)(C)C.[Na]. The number of hydrogen-bond acceptors (Lipinski definition) is 1. The van der Waals surface area contributed by atoms with Gasteiger partial charge < -0.3 is 4.74 Å². The molecule has 0 unspecified atom stereocenters. The second-order valence-corrected chi connectivity index (χ2v) is 2.32. The molecule has 2 heteroatoms. The van der Waals surface area contributed by atoms with Crippen molar-refractivity contribution in [2.45, 2.75) is 26.4 Å². The van der Waals surface area contributed by atoms with Crippen molar-refractivity contribution in [1.82, 2.24) is 0 Å². The summed E-state index contributed by atoms with van der Waals surface area (Å²) in [5, 5.41) is 0. The summed E-state index contributed by atoms with van der Waals surface area (Å²) in [5.41, 5.74) is 0.0417. The quantitative estimate of drug-likeness (QED) is 0.424. The third kappa shape index (κ3) is 10.9. The average molecular weight is 111 g/mol. The molecule has 0 rings (SSSR count). The first-order chi connectivity index (χ1) is 2.56. The molecule has 0 N–H and O–H groups in total. The van der Waals surface area contributed by atoms with E-state index >= 15 is 0 Å². The van der Waals surface area contributed by atoms with E-state index in [0.29, 0.717) is 0 Å². The zero-order valence-corrected chi connectivity index (χ0v) is 7.91. The predicted molar refractivity (Wildman–Crippen MR) is 32.5 cm³/mol. The van der Waals surface area contributed by atoms with Gasteiger partial charge in [-0.1, -0.05) is 0 Å². The first-order valence-electron chi connectivity index (χ1n) is 2.11. The number of rotatable bonds is 0. The van der Waals surface area contributed by atoms with E-state index in [2.05, 4.69) is 0 Å². The molecular formula is C5H12NaO. The minimum Gasteiger partial charge on any atom is -0.379 e. The Hall–Kier alpha value is 0.960. The van der Waals surface area contributed by atoms with Gasteiger partial charge in [-0.25, -0.2) is 0 Å². The van der Waals surface area contributed by atoms with Crippen LogP contribution in [0.5, 0.6) is 0 Å². The minimum atomic E-state index is 0. The smallest absolute Gasteiger partial charge is 0.0594 e. The van der Waals surface area contributed by atoms with Gasteiger partial charge in [0.25, 0.3) is 0 Å². The maximum atomic E-state index is 4.94. The van der Waals surface area contributed by atoms with Crippen molar-refractivity contribution >= 4 is 29.6 Å². The first kappa shape index (κ1) is 10.9. The van der Waals surface area contributed by atoms with E-state index in [1.165, 1.54) is 0 Å². The fourth-order valence-electron chi connectivity index (χ4n) is 0. The maximum absolute atomic E-state index is 4.94. The topological polar surface area (TPSA) is 9.23 Å². The molecule has 1 radical (unpaired) electrons. The molecule has 0 aromatic rings. The van der Waals surface area contributed by atoms with Crippen molar-refractivity contribution in [2.24, 2.45) is 0 Å². The molecular weight excluding hydrogens is 99.0 g/mol. The van der Waals surface area contributed by atoms with Crippen LogP contribution in [0.4, 0.5) is 0 Å². The molecule has 0 aliphatic carbocycles. The summed E-state index contributed by atoms with van der Waals surface area (Å²) in [6, 6.07) is 0. The molecule has 0 aromatic carbocycles. The number of hydrogen-bond donors (Lipinski definition) is 0. The minimum absolute atomic E-state index is 0. The van der Waals surface area contributed by atoms with Gasteiger partial charge in [0.2, 0.25) is 0 Å². The van der Waals surface area contributed by atoms with Crippen LogP contribution in [0, 0.1) is 0 Å². The molecule has 0 aliphatic heterocycles. The van der Waals surface area contributed by atoms with Crippen LogP contribution >= 0.6 is 0 Å². The molecule has 0 aromatic heterocycles. The van der Waals surface area contributed by atoms with Crippen molar-refractivity contribution < 1.29 is 4.74 Å². The van der Waals surface area contributed by atoms with E-state index in [1.54, 1.807) is 7.11 Å². The van der Waals surface area contributed by atoms with Crippen LogP contribution in [0.25, 0.3) is 0 Å². The van der Waals surface area contributed by atoms with Gasteiger partial charge in [0, 0.05) is 36.7 Å². The van der Waals surface area contributed by atoms with E-state index in [-0.39, 0.29) is 35.2 Å². The van der Waals surface area contributed by atoms with Gasteiger partial charge in [-0.2, -0.15) is 0 Å². The summed E-state index contributed by atoms with van der Waals surface area (Å²) >= 11 is 0. The van der Waals surface area contributed by atoms with Crippen LogP contribution in [-0.4, -0.2) is 42.3 Å². The largest absolute Gasteiger partial charge is 0.379 e. The molecule has 39 valence electrons. The van der Waals surface area contributed by atoms with Gasteiger partial charge in [-0.05, 0) is 20.8 Å². The first-order valence-corrected chi connectivity index (χ1v) is 2.11. The molecule has 1 nitrogen and oxygen atoms in total. The Morgan fingerprint density at radius 1 is 1.14 bits per heavy atom. The normalized spacial score (nSPS) is 10.3. The number of ether oxygens (including phenoxy) is 1. The van der Waals surface area contributed by atoms with Gasteiger partial charge in [0.15, 0.2) is 0 Å². The van der Waals surface area contributed by atoms with Crippen LogP contribution in [-0.2, 0) is 4.74 Å². The van der Waals surface area contributed by atoms with Crippen LogP contribution in [0.1, 0.15) is 20.8 Å². The standard InChI is InChI=1S/C5H12O.Na/c1-5(2,3)6-4;/h1-4H3;. The Bertz CT molecular complexity index is 37.8. The van der Waals surface area contributed by atoms with Gasteiger partial charge in [0.1, 0.15) is 0 Å². The van der Waals surface area contributed by atoms with E-state index < -0.39 is 0 Å². The van der Waals surface area contributed by atoms with Crippen molar-refractivity contribution in [2.75, 3.05) is 7.11 Å². The van der Waals surface area contributed by atoms with Crippen molar-refractivity contribution in [3.05, 3.63) is 0 Å². The fraction of sp³-hybridized carbons (Fsp3) is 1.00. The Labute approximate surface area is 67.7 Å². The molecule has 0 bridgehead atoms. The Morgan fingerprint density at radius 3 is 1.29 bits per heavy atom. The molecule has 0 atom stereocenters. The maximum Gasteiger partial charge on any atom is 0.0594 e. The van der Waals surface area contributed by atoms with Crippen LogP contribution < -0.4 is 0 Å². The predicted octanol–water partition coefficient (Wildman–Crippen LogP) is 1.05. The summed E-state index contributed by atoms with van der Waals surface area (Å²) in [7, 11) is 1.71. The summed E-state index contributed by atoms with van der Waals surface area (Å²) in [5.74, 6) is 0. The molecule has 0 spiro atoms. The van der Waals surface area contributed by atoms with E-state index in [1.807, 2.05) is 20.8 Å². The molecule has 7 heavy (non-hydrogen) atoms. The zero-order valence-electron chi connectivity index (χ0n) is 5.91. The van der Waals surface area contributed by atoms with Crippen molar-refractivity contribution in [3.63, 3.8) is 0 Å². The van der Waals surface area contributed by atoms with E-state index in [0.717, 1.165) is 0 Å². The summed E-state index contributed by atoms with van der Waals surface area (Å²) in [4.78, 5) is 0. The van der Waals surface area contributed by atoms with Gasteiger partial charge in [0.05, 0.1) is 5.60 Å².